The van der Waals surface area contributed by atoms with Crippen LogP contribution >= 0.6 is 11.8 Å². The molecule has 9 heteroatoms. The van der Waals surface area contributed by atoms with Gasteiger partial charge in [-0.25, -0.2) is 13.4 Å². The van der Waals surface area contributed by atoms with Crippen molar-refractivity contribution in [3.05, 3.63) is 36.5 Å². The molecular weight excluding hydrogens is 422 g/mol. The third kappa shape index (κ3) is 4.90. The standard InChI is InChI=1S/C21H27N3O4S2/c1-23-19(16-6-3-2-4-7-16)12-22-21(23)29-14-20(25)24(13-18-8-5-10-28-18)17-9-11-30(26,27)15-17/h2-4,6-7,12,17-18H,5,8-11,13-15H2,1H3/t17-,18-/m0/s1. The number of imidazole rings is 1. The molecule has 1 aromatic heterocycles. The zero-order chi connectivity index (χ0) is 21.1. The molecule has 0 saturated carbocycles. The second-order valence-corrected chi connectivity index (χ2v) is 11.0. The molecule has 4 rings (SSSR count). The fraction of sp³-hybridized carbons (Fsp3) is 0.524. The maximum Gasteiger partial charge on any atom is 0.233 e. The fourth-order valence-corrected chi connectivity index (χ4v) is 6.66. The van der Waals surface area contributed by atoms with Crippen LogP contribution < -0.4 is 0 Å². The van der Waals surface area contributed by atoms with Crippen LogP contribution in [0.15, 0.2) is 41.7 Å². The molecule has 0 bridgehead atoms. The molecule has 0 aliphatic carbocycles. The van der Waals surface area contributed by atoms with Crippen molar-refractivity contribution in [1.82, 2.24) is 14.5 Å². The zero-order valence-corrected chi connectivity index (χ0v) is 18.7. The van der Waals surface area contributed by atoms with Crippen LogP contribution in [0, 0.1) is 0 Å². The van der Waals surface area contributed by atoms with Gasteiger partial charge in [0.15, 0.2) is 15.0 Å². The number of thioether (sulfide) groups is 1. The van der Waals surface area contributed by atoms with E-state index in [-0.39, 0.29) is 35.3 Å². The van der Waals surface area contributed by atoms with E-state index in [0.717, 1.165) is 29.3 Å². The lowest BCUT2D eigenvalue weighted by Crippen LogP contribution is -2.46. The molecule has 30 heavy (non-hydrogen) atoms. The van der Waals surface area contributed by atoms with E-state index in [9.17, 15) is 13.2 Å². The van der Waals surface area contributed by atoms with Gasteiger partial charge in [-0.05, 0) is 24.8 Å². The van der Waals surface area contributed by atoms with Crippen molar-refractivity contribution in [3.8, 4) is 11.3 Å². The summed E-state index contributed by atoms with van der Waals surface area (Å²) in [4.78, 5) is 19.3. The van der Waals surface area contributed by atoms with E-state index in [1.54, 1.807) is 4.90 Å². The quantitative estimate of drug-likeness (QED) is 0.604. The highest BCUT2D eigenvalue weighted by atomic mass is 32.2. The Bertz CT molecular complexity index is 985. The first-order valence-electron chi connectivity index (χ1n) is 10.2. The monoisotopic (exact) mass is 449 g/mol. The molecule has 2 fully saturated rings. The molecule has 7 nitrogen and oxygen atoms in total. The van der Waals surface area contributed by atoms with Crippen molar-refractivity contribution in [2.45, 2.75) is 36.6 Å². The van der Waals surface area contributed by atoms with Gasteiger partial charge in [-0.2, -0.15) is 0 Å². The number of benzene rings is 1. The Hall–Kier alpha value is -1.84. The van der Waals surface area contributed by atoms with E-state index >= 15 is 0 Å². The average molecular weight is 450 g/mol. The van der Waals surface area contributed by atoms with E-state index in [0.29, 0.717) is 19.6 Å². The average Bonchev–Trinajstić information content (AvgIpc) is 3.45. The maximum absolute atomic E-state index is 13.1. The van der Waals surface area contributed by atoms with Gasteiger partial charge in [0, 0.05) is 26.2 Å². The molecule has 162 valence electrons. The summed E-state index contributed by atoms with van der Waals surface area (Å²) in [6.45, 7) is 1.18. The number of hydrogen-bond acceptors (Lipinski definition) is 6. The minimum Gasteiger partial charge on any atom is -0.376 e. The van der Waals surface area contributed by atoms with Crippen molar-refractivity contribution < 1.29 is 17.9 Å². The van der Waals surface area contributed by atoms with Gasteiger partial charge < -0.3 is 14.2 Å². The van der Waals surface area contributed by atoms with Gasteiger partial charge in [-0.3, -0.25) is 4.79 Å². The first kappa shape index (κ1) is 21.4. The van der Waals surface area contributed by atoms with Crippen LogP contribution in [0.5, 0.6) is 0 Å². The van der Waals surface area contributed by atoms with Crippen LogP contribution in [0.2, 0.25) is 0 Å². The van der Waals surface area contributed by atoms with Crippen molar-refractivity contribution in [3.63, 3.8) is 0 Å². The number of sulfone groups is 1. The largest absolute Gasteiger partial charge is 0.376 e. The van der Waals surface area contributed by atoms with Crippen molar-refractivity contribution in [2.24, 2.45) is 7.05 Å². The molecule has 0 spiro atoms. The van der Waals surface area contributed by atoms with Gasteiger partial charge in [-0.1, -0.05) is 42.1 Å². The van der Waals surface area contributed by atoms with Crippen LogP contribution in [0.1, 0.15) is 19.3 Å². The summed E-state index contributed by atoms with van der Waals surface area (Å²) >= 11 is 1.39. The summed E-state index contributed by atoms with van der Waals surface area (Å²) in [6.07, 6.45) is 4.22. The number of ether oxygens (including phenoxy) is 1. The van der Waals surface area contributed by atoms with Gasteiger partial charge in [0.1, 0.15) is 0 Å². The van der Waals surface area contributed by atoms with Crippen LogP contribution in [0.3, 0.4) is 0 Å². The number of rotatable bonds is 7. The molecule has 2 aliphatic heterocycles. The molecule has 1 amide bonds. The molecule has 0 radical (unpaired) electrons. The molecule has 2 aliphatic rings. The zero-order valence-electron chi connectivity index (χ0n) is 17.1. The van der Waals surface area contributed by atoms with Crippen LogP contribution in [-0.2, 0) is 26.4 Å². The third-order valence-electron chi connectivity index (χ3n) is 5.73. The Morgan fingerprint density at radius 3 is 2.77 bits per heavy atom. The topological polar surface area (TPSA) is 81.5 Å². The minimum absolute atomic E-state index is 0.0000914. The lowest BCUT2D eigenvalue weighted by molar-refractivity contribution is -0.131. The number of amides is 1. The number of hydrogen-bond donors (Lipinski definition) is 0. The highest BCUT2D eigenvalue weighted by Gasteiger charge is 2.36. The van der Waals surface area contributed by atoms with Crippen LogP contribution in [0.25, 0.3) is 11.3 Å². The van der Waals surface area contributed by atoms with E-state index in [2.05, 4.69) is 4.98 Å². The van der Waals surface area contributed by atoms with E-state index in [4.69, 9.17) is 4.74 Å². The first-order chi connectivity index (χ1) is 14.4. The lowest BCUT2D eigenvalue weighted by atomic mass is 10.1. The Morgan fingerprint density at radius 1 is 1.30 bits per heavy atom. The van der Waals surface area contributed by atoms with E-state index in [1.165, 1.54) is 11.8 Å². The van der Waals surface area contributed by atoms with Crippen molar-refractivity contribution in [2.75, 3.05) is 30.4 Å². The predicted octanol–water partition coefficient (Wildman–Crippen LogP) is 2.37. The molecule has 2 saturated heterocycles. The molecule has 1 aromatic carbocycles. The Kier molecular flexibility index (Phi) is 6.50. The number of carbonyl (C=O) groups excluding carboxylic acids is 1. The summed E-state index contributed by atoms with van der Waals surface area (Å²) < 4.78 is 31.7. The predicted molar refractivity (Wildman–Crippen MR) is 117 cm³/mol. The highest BCUT2D eigenvalue weighted by molar-refractivity contribution is 7.99. The summed E-state index contributed by atoms with van der Waals surface area (Å²) in [5, 5.41) is 0.762. The Labute approximate surface area is 181 Å². The molecule has 3 heterocycles. The van der Waals surface area contributed by atoms with Gasteiger partial charge in [0.2, 0.25) is 5.91 Å². The number of aromatic nitrogens is 2. The lowest BCUT2D eigenvalue weighted by Gasteiger charge is -2.30. The highest BCUT2D eigenvalue weighted by Crippen LogP contribution is 2.26. The summed E-state index contributed by atoms with van der Waals surface area (Å²) in [6, 6.07) is 9.74. The van der Waals surface area contributed by atoms with E-state index < -0.39 is 9.84 Å². The van der Waals surface area contributed by atoms with Gasteiger partial charge in [-0.15, -0.1) is 0 Å². The van der Waals surface area contributed by atoms with Gasteiger partial charge in [0.05, 0.1) is 35.3 Å². The summed E-state index contributed by atoms with van der Waals surface area (Å²) in [7, 11) is -1.13. The molecule has 2 aromatic rings. The van der Waals surface area contributed by atoms with Crippen molar-refractivity contribution in [1.29, 1.82) is 0 Å². The molecule has 0 unspecified atom stereocenters. The van der Waals surface area contributed by atoms with Crippen LogP contribution in [-0.4, -0.2) is 71.3 Å². The van der Waals surface area contributed by atoms with Gasteiger partial charge in [0.25, 0.3) is 0 Å². The SMILES string of the molecule is Cn1c(-c2ccccc2)cnc1SCC(=O)N(C[C@@H]1CCCO1)[C@H]1CCS(=O)(=O)C1. The Balaban J connectivity index is 1.44. The second-order valence-electron chi connectivity index (χ2n) is 7.88. The summed E-state index contributed by atoms with van der Waals surface area (Å²) in [5.74, 6) is 0.376. The normalized spacial score (nSPS) is 23.0. The fourth-order valence-electron chi connectivity index (χ4n) is 4.10. The van der Waals surface area contributed by atoms with Gasteiger partial charge >= 0.3 is 0 Å². The molecule has 2 atom stereocenters. The minimum atomic E-state index is -3.07. The molecular formula is C21H27N3O4S2. The smallest absolute Gasteiger partial charge is 0.233 e. The maximum atomic E-state index is 13.1. The number of nitrogens with zero attached hydrogens (tertiary/aromatic N) is 3. The third-order valence-corrected chi connectivity index (χ3v) is 8.51. The second kappa shape index (κ2) is 9.11. The number of carbonyl (C=O) groups is 1. The van der Waals surface area contributed by atoms with E-state index in [1.807, 2.05) is 48.1 Å². The summed E-state index contributed by atoms with van der Waals surface area (Å²) in [5.41, 5.74) is 2.06. The van der Waals surface area contributed by atoms with Crippen LogP contribution in [0.4, 0.5) is 0 Å². The van der Waals surface area contributed by atoms with Crippen molar-refractivity contribution >= 4 is 27.5 Å². The first-order valence-corrected chi connectivity index (χ1v) is 13.0. The Morgan fingerprint density at radius 2 is 2.10 bits per heavy atom. The molecule has 0 N–H and O–H groups in total.